The number of esters is 1. The number of amides is 1. The van der Waals surface area contributed by atoms with Gasteiger partial charge in [-0.2, -0.15) is 0 Å². The highest BCUT2D eigenvalue weighted by Gasteiger charge is 2.18. The fourth-order valence-electron chi connectivity index (χ4n) is 12.6. The summed E-state index contributed by atoms with van der Waals surface area (Å²) in [5.74, 6) is -0.0486. The van der Waals surface area contributed by atoms with Crippen LogP contribution < -0.4 is 5.32 Å². The van der Waals surface area contributed by atoms with E-state index in [0.717, 1.165) is 51.4 Å². The number of aliphatic hydroxyl groups is 2. The van der Waals surface area contributed by atoms with Crippen molar-refractivity contribution in [2.24, 2.45) is 0 Å². The number of allylic oxidation sites excluding steroid dienone is 5. The average Bonchev–Trinajstić information content (AvgIpc) is 3.54. The van der Waals surface area contributed by atoms with E-state index in [2.05, 4.69) is 43.5 Å². The van der Waals surface area contributed by atoms with E-state index in [4.69, 9.17) is 4.74 Å². The summed E-state index contributed by atoms with van der Waals surface area (Å²) in [6.07, 6.45) is 100.0. The van der Waals surface area contributed by atoms with Gasteiger partial charge >= 0.3 is 5.97 Å². The van der Waals surface area contributed by atoms with Gasteiger partial charge in [0.25, 0.3) is 0 Å². The summed E-state index contributed by atoms with van der Waals surface area (Å²) in [5.41, 5.74) is 0. The Morgan fingerprint density at radius 1 is 0.322 bits per heavy atom. The number of carbonyl (C=O) groups excluding carboxylic acids is 2. The van der Waals surface area contributed by atoms with Gasteiger partial charge in [0.2, 0.25) is 5.91 Å². The highest BCUT2D eigenvalue weighted by Crippen LogP contribution is 2.20. The lowest BCUT2D eigenvalue weighted by Crippen LogP contribution is -2.45. The molecule has 0 rings (SSSR count). The predicted molar refractivity (Wildman–Crippen MR) is 384 cm³/mol. The smallest absolute Gasteiger partial charge is 0.305 e. The third-order valence-electron chi connectivity index (χ3n) is 18.7. The van der Waals surface area contributed by atoms with Crippen molar-refractivity contribution in [3.8, 4) is 0 Å². The molecule has 1 amide bonds. The Kier molecular flexibility index (Phi) is 74.8. The number of hydrogen-bond acceptors (Lipinski definition) is 5. The third-order valence-corrected chi connectivity index (χ3v) is 18.7. The van der Waals surface area contributed by atoms with E-state index in [1.807, 2.05) is 6.08 Å². The summed E-state index contributed by atoms with van der Waals surface area (Å²) in [4.78, 5) is 24.6. The fraction of sp³-hybridized carbons (Fsp3) is 0.901. The molecule has 0 heterocycles. The van der Waals surface area contributed by atoms with Gasteiger partial charge in [-0.1, -0.05) is 410 Å². The van der Waals surface area contributed by atoms with Crippen LogP contribution in [-0.2, 0) is 14.3 Å². The molecule has 0 aromatic carbocycles. The Bertz CT molecular complexity index is 1410. The highest BCUT2D eigenvalue weighted by atomic mass is 16.5. The van der Waals surface area contributed by atoms with Crippen LogP contribution in [0.4, 0.5) is 0 Å². The van der Waals surface area contributed by atoms with Crippen LogP contribution in [0.2, 0.25) is 0 Å². The SMILES string of the molecule is CCCC/C=C\C/C=C\CCCCCCCC(=O)OCCCCCCCCCCCCCCCCCCCCCCCCCCCCCCCCCCCCCCCCCC(=O)NC(CO)C(O)/C=C/CCCCCCCCCCCCCCCCC. The predicted octanol–water partition coefficient (Wildman–Crippen LogP) is 26.2. The molecule has 2 atom stereocenters. The zero-order valence-corrected chi connectivity index (χ0v) is 59.0. The number of carbonyl (C=O) groups is 2. The van der Waals surface area contributed by atoms with Crippen molar-refractivity contribution in [2.75, 3.05) is 13.2 Å². The maximum Gasteiger partial charge on any atom is 0.305 e. The van der Waals surface area contributed by atoms with Gasteiger partial charge in [-0.3, -0.25) is 9.59 Å². The Hall–Kier alpha value is -1.92. The molecular weight excluding hydrogens is 1070 g/mol. The zero-order chi connectivity index (χ0) is 62.8. The zero-order valence-electron chi connectivity index (χ0n) is 59.0. The fourth-order valence-corrected chi connectivity index (χ4v) is 12.6. The van der Waals surface area contributed by atoms with Gasteiger partial charge in [0.05, 0.1) is 25.4 Å². The van der Waals surface area contributed by atoms with Crippen LogP contribution in [-0.4, -0.2) is 47.4 Å². The number of rotatable bonds is 75. The maximum absolute atomic E-state index is 12.5. The number of aliphatic hydroxyl groups excluding tert-OH is 2. The first-order valence-electron chi connectivity index (χ1n) is 39.8. The average molecular weight is 1220 g/mol. The highest BCUT2D eigenvalue weighted by molar-refractivity contribution is 5.76. The van der Waals surface area contributed by atoms with Crippen molar-refractivity contribution < 1.29 is 24.5 Å². The van der Waals surface area contributed by atoms with Crippen LogP contribution >= 0.6 is 0 Å². The molecule has 6 heteroatoms. The number of hydrogen-bond donors (Lipinski definition) is 3. The van der Waals surface area contributed by atoms with E-state index in [1.54, 1.807) is 6.08 Å². The molecule has 0 aliphatic rings. The molecule has 0 spiro atoms. The minimum atomic E-state index is -0.840. The molecular formula is C81H155NO5. The van der Waals surface area contributed by atoms with Crippen molar-refractivity contribution in [2.45, 2.75) is 456 Å². The molecule has 87 heavy (non-hydrogen) atoms. The van der Waals surface area contributed by atoms with Gasteiger partial charge in [0.15, 0.2) is 0 Å². The van der Waals surface area contributed by atoms with Crippen LogP contribution in [0.5, 0.6) is 0 Å². The molecule has 0 fully saturated rings. The van der Waals surface area contributed by atoms with Crippen LogP contribution in [0, 0.1) is 0 Å². The molecule has 3 N–H and O–H groups in total. The molecule has 0 aliphatic heterocycles. The molecule has 0 bridgehead atoms. The summed E-state index contributed by atoms with van der Waals surface area (Å²) >= 11 is 0. The molecule has 2 unspecified atom stereocenters. The van der Waals surface area contributed by atoms with Crippen molar-refractivity contribution >= 4 is 11.9 Å². The Morgan fingerprint density at radius 2 is 0.586 bits per heavy atom. The van der Waals surface area contributed by atoms with Crippen LogP contribution in [0.25, 0.3) is 0 Å². The first-order chi connectivity index (χ1) is 43.0. The van der Waals surface area contributed by atoms with E-state index < -0.39 is 12.1 Å². The Balaban J connectivity index is 3.31. The normalized spacial score (nSPS) is 12.6. The van der Waals surface area contributed by atoms with E-state index in [9.17, 15) is 19.8 Å². The van der Waals surface area contributed by atoms with Crippen LogP contribution in [0.1, 0.15) is 444 Å². The molecule has 0 saturated carbocycles. The second-order valence-electron chi connectivity index (χ2n) is 27.4. The Morgan fingerprint density at radius 3 is 0.908 bits per heavy atom. The maximum atomic E-state index is 12.5. The lowest BCUT2D eigenvalue weighted by molar-refractivity contribution is -0.143. The quantitative estimate of drug-likeness (QED) is 0.0320. The first kappa shape index (κ1) is 85.1. The summed E-state index contributed by atoms with van der Waals surface area (Å²) in [5, 5.41) is 23.2. The standard InChI is InChI=1S/C81H155NO5/c1-3-5-7-9-11-13-15-17-19-43-46-49-53-57-61-65-69-73-79(84)78(77-83)82-80(85)74-70-66-62-58-54-50-47-44-41-39-37-35-33-31-29-27-25-23-21-20-22-24-26-28-30-32-34-36-38-40-42-45-48-52-56-60-64-68-72-76-87-81(86)75-71-67-63-59-55-51-18-16-14-12-10-8-6-4-2/h10,12,16,18,69,73,78-79,83-84H,3-9,11,13-15,17,19-68,70-72,74-77H2,1-2H3,(H,82,85)/b12-10-,18-16-,73-69+. The van der Waals surface area contributed by atoms with Crippen molar-refractivity contribution in [3.05, 3.63) is 36.5 Å². The molecule has 0 radical (unpaired) electrons. The van der Waals surface area contributed by atoms with E-state index in [0.29, 0.717) is 19.4 Å². The van der Waals surface area contributed by atoms with Crippen LogP contribution in [0.3, 0.4) is 0 Å². The molecule has 0 aliphatic carbocycles. The minimum Gasteiger partial charge on any atom is -0.466 e. The molecule has 0 aromatic rings. The summed E-state index contributed by atoms with van der Waals surface area (Å²) in [7, 11) is 0. The van der Waals surface area contributed by atoms with Gasteiger partial charge in [0, 0.05) is 12.8 Å². The van der Waals surface area contributed by atoms with Crippen molar-refractivity contribution in [1.82, 2.24) is 5.32 Å². The molecule has 514 valence electrons. The van der Waals surface area contributed by atoms with Gasteiger partial charge in [-0.25, -0.2) is 0 Å². The van der Waals surface area contributed by atoms with E-state index >= 15 is 0 Å². The summed E-state index contributed by atoms with van der Waals surface area (Å²) in [6.45, 7) is 4.90. The van der Waals surface area contributed by atoms with Gasteiger partial charge in [-0.15, -0.1) is 0 Å². The third kappa shape index (κ3) is 73.0. The number of unbranched alkanes of at least 4 members (excludes halogenated alkanes) is 60. The number of nitrogens with one attached hydrogen (secondary N) is 1. The molecule has 0 aromatic heterocycles. The summed E-state index contributed by atoms with van der Waals surface area (Å²) in [6, 6.07) is -0.623. The topological polar surface area (TPSA) is 95.9 Å². The lowest BCUT2D eigenvalue weighted by Gasteiger charge is -2.20. The van der Waals surface area contributed by atoms with Crippen molar-refractivity contribution in [3.63, 3.8) is 0 Å². The largest absolute Gasteiger partial charge is 0.466 e. The monoisotopic (exact) mass is 1220 g/mol. The number of ether oxygens (including phenoxy) is 1. The van der Waals surface area contributed by atoms with Crippen molar-refractivity contribution in [1.29, 1.82) is 0 Å². The molecule has 6 nitrogen and oxygen atoms in total. The van der Waals surface area contributed by atoms with Gasteiger partial charge in [-0.05, 0) is 57.8 Å². The Labute approximate surface area is 544 Å². The lowest BCUT2D eigenvalue weighted by atomic mass is 10.0. The van der Waals surface area contributed by atoms with E-state index in [1.165, 1.54) is 366 Å². The second-order valence-corrected chi connectivity index (χ2v) is 27.4. The van der Waals surface area contributed by atoms with E-state index in [-0.39, 0.29) is 18.5 Å². The first-order valence-corrected chi connectivity index (χ1v) is 39.8. The minimum absolute atomic E-state index is 0.00966. The van der Waals surface area contributed by atoms with Gasteiger partial charge < -0.3 is 20.3 Å². The molecule has 0 saturated heterocycles. The van der Waals surface area contributed by atoms with Gasteiger partial charge in [0.1, 0.15) is 0 Å². The summed E-state index contributed by atoms with van der Waals surface area (Å²) < 4.78 is 5.49. The second kappa shape index (κ2) is 76.5. The van der Waals surface area contributed by atoms with Crippen LogP contribution in [0.15, 0.2) is 36.5 Å².